The van der Waals surface area contributed by atoms with Gasteiger partial charge in [-0.2, -0.15) is 0 Å². The van der Waals surface area contributed by atoms with Gasteiger partial charge in [0.25, 0.3) is 0 Å². The van der Waals surface area contributed by atoms with Crippen LogP contribution in [0.5, 0.6) is 0 Å². The van der Waals surface area contributed by atoms with E-state index in [1.165, 1.54) is 18.2 Å². The lowest BCUT2D eigenvalue weighted by Gasteiger charge is -2.31. The molecule has 18 heavy (non-hydrogen) atoms. The van der Waals surface area contributed by atoms with Crippen LogP contribution in [0, 0.1) is 5.82 Å². The van der Waals surface area contributed by atoms with Crippen LogP contribution in [-0.2, 0) is 0 Å². The van der Waals surface area contributed by atoms with Gasteiger partial charge in [-0.25, -0.2) is 4.39 Å². The molecule has 1 aromatic rings. The number of likely N-dealkylation sites (N-methyl/N-ethyl adjacent to an activating group) is 1. The van der Waals surface area contributed by atoms with Gasteiger partial charge in [0.15, 0.2) is 5.78 Å². The summed E-state index contributed by atoms with van der Waals surface area (Å²) in [4.78, 5) is 16.5. The van der Waals surface area contributed by atoms with E-state index in [2.05, 4.69) is 32.8 Å². The van der Waals surface area contributed by atoms with Crippen LogP contribution >= 0.6 is 15.9 Å². The molecule has 5 heteroatoms. The standard InChI is InChI=1S/C13H16BrFN2O/c1-16-4-6-17(7-5-16)9-13(18)11-3-2-10(15)8-12(11)14/h2-3,8H,4-7,9H2,1H3. The Balaban J connectivity index is 1.99. The average Bonchev–Trinajstić information content (AvgIpc) is 2.32. The van der Waals surface area contributed by atoms with Crippen molar-refractivity contribution in [1.29, 1.82) is 0 Å². The molecule has 0 amide bonds. The smallest absolute Gasteiger partial charge is 0.177 e. The van der Waals surface area contributed by atoms with Crippen molar-refractivity contribution >= 4 is 21.7 Å². The van der Waals surface area contributed by atoms with Gasteiger partial charge in [0.2, 0.25) is 0 Å². The first-order valence-electron chi connectivity index (χ1n) is 5.95. The van der Waals surface area contributed by atoms with Gasteiger partial charge in [-0.1, -0.05) is 0 Å². The number of piperazine rings is 1. The van der Waals surface area contributed by atoms with Crippen LogP contribution in [0.2, 0.25) is 0 Å². The fourth-order valence-electron chi connectivity index (χ4n) is 2.01. The van der Waals surface area contributed by atoms with Gasteiger partial charge in [0.05, 0.1) is 6.54 Å². The van der Waals surface area contributed by atoms with Crippen molar-refractivity contribution in [3.8, 4) is 0 Å². The lowest BCUT2D eigenvalue weighted by atomic mass is 10.1. The van der Waals surface area contributed by atoms with E-state index in [4.69, 9.17) is 0 Å². The van der Waals surface area contributed by atoms with E-state index in [0.717, 1.165) is 26.2 Å². The first kappa shape index (κ1) is 13.6. The Labute approximate surface area is 115 Å². The SMILES string of the molecule is CN1CCN(CC(=O)c2ccc(F)cc2Br)CC1. The molecular weight excluding hydrogens is 299 g/mol. The molecule has 1 saturated heterocycles. The minimum absolute atomic E-state index is 0.0337. The van der Waals surface area contributed by atoms with Crippen molar-refractivity contribution in [3.05, 3.63) is 34.1 Å². The van der Waals surface area contributed by atoms with Gasteiger partial charge in [-0.15, -0.1) is 0 Å². The number of rotatable bonds is 3. The van der Waals surface area contributed by atoms with Gasteiger partial charge in [-0.3, -0.25) is 9.69 Å². The molecule has 1 aromatic carbocycles. The number of hydrogen-bond acceptors (Lipinski definition) is 3. The summed E-state index contributed by atoms with van der Waals surface area (Å²) in [5.74, 6) is -0.301. The van der Waals surface area contributed by atoms with E-state index in [1.54, 1.807) is 0 Å². The van der Waals surface area contributed by atoms with Crippen LogP contribution in [0.1, 0.15) is 10.4 Å². The largest absolute Gasteiger partial charge is 0.304 e. The van der Waals surface area contributed by atoms with Crippen LogP contribution in [0.3, 0.4) is 0 Å². The topological polar surface area (TPSA) is 23.6 Å². The molecule has 0 N–H and O–H groups in total. The molecular formula is C13H16BrFN2O. The monoisotopic (exact) mass is 314 g/mol. The van der Waals surface area contributed by atoms with E-state index in [1.807, 2.05) is 0 Å². The highest BCUT2D eigenvalue weighted by Crippen LogP contribution is 2.19. The number of carbonyl (C=O) groups excluding carboxylic acids is 1. The highest BCUT2D eigenvalue weighted by Gasteiger charge is 2.18. The van der Waals surface area contributed by atoms with Crippen molar-refractivity contribution in [2.75, 3.05) is 39.8 Å². The minimum atomic E-state index is -0.335. The van der Waals surface area contributed by atoms with Gasteiger partial charge in [-0.05, 0) is 41.2 Å². The van der Waals surface area contributed by atoms with Gasteiger partial charge < -0.3 is 4.90 Å². The number of nitrogens with zero attached hydrogens (tertiary/aromatic N) is 2. The molecule has 3 nitrogen and oxygen atoms in total. The normalized spacial score (nSPS) is 17.9. The van der Waals surface area contributed by atoms with Crippen LogP contribution in [0.4, 0.5) is 4.39 Å². The summed E-state index contributed by atoms with van der Waals surface area (Å²) >= 11 is 3.23. The van der Waals surface area contributed by atoms with Crippen molar-refractivity contribution in [3.63, 3.8) is 0 Å². The summed E-state index contributed by atoms with van der Waals surface area (Å²) in [6.45, 7) is 4.18. The Hall–Kier alpha value is -0.780. The van der Waals surface area contributed by atoms with E-state index >= 15 is 0 Å². The molecule has 2 rings (SSSR count). The number of carbonyl (C=O) groups is 1. The summed E-state index contributed by atoms with van der Waals surface area (Å²) in [7, 11) is 2.08. The number of Topliss-reactive ketones (excluding diaryl/α,β-unsaturated/α-hetero) is 1. The second-order valence-corrected chi connectivity index (χ2v) is 5.48. The third-order valence-electron chi connectivity index (χ3n) is 3.19. The van der Waals surface area contributed by atoms with E-state index in [9.17, 15) is 9.18 Å². The first-order valence-corrected chi connectivity index (χ1v) is 6.75. The average molecular weight is 315 g/mol. The zero-order chi connectivity index (χ0) is 13.1. The molecule has 98 valence electrons. The maximum atomic E-state index is 13.0. The number of halogens is 2. The van der Waals surface area contributed by atoms with Crippen LogP contribution < -0.4 is 0 Å². The molecule has 0 saturated carbocycles. The Morgan fingerprint density at radius 1 is 1.33 bits per heavy atom. The first-order chi connectivity index (χ1) is 8.56. The Kier molecular flexibility index (Phi) is 4.48. The molecule has 0 aromatic heterocycles. The molecule has 1 aliphatic rings. The lowest BCUT2D eigenvalue weighted by molar-refractivity contribution is 0.0875. The molecule has 1 fully saturated rings. The van der Waals surface area contributed by atoms with Gasteiger partial charge in [0.1, 0.15) is 5.82 Å². The fourth-order valence-corrected chi connectivity index (χ4v) is 2.58. The van der Waals surface area contributed by atoms with E-state index in [0.29, 0.717) is 16.6 Å². The molecule has 0 radical (unpaired) electrons. The molecule has 0 atom stereocenters. The van der Waals surface area contributed by atoms with Gasteiger partial charge >= 0.3 is 0 Å². The summed E-state index contributed by atoms with van der Waals surface area (Å²) in [6, 6.07) is 4.19. The van der Waals surface area contributed by atoms with E-state index < -0.39 is 0 Å². The predicted molar refractivity (Wildman–Crippen MR) is 72.4 cm³/mol. The highest BCUT2D eigenvalue weighted by atomic mass is 79.9. The number of ketones is 1. The molecule has 1 aliphatic heterocycles. The summed E-state index contributed by atoms with van der Waals surface area (Å²) in [5, 5.41) is 0. The Morgan fingerprint density at radius 2 is 2.00 bits per heavy atom. The van der Waals surface area contributed by atoms with Crippen molar-refractivity contribution < 1.29 is 9.18 Å². The third-order valence-corrected chi connectivity index (χ3v) is 3.85. The van der Waals surface area contributed by atoms with Crippen molar-refractivity contribution in [1.82, 2.24) is 9.80 Å². The summed E-state index contributed by atoms with van der Waals surface area (Å²) < 4.78 is 13.5. The van der Waals surface area contributed by atoms with Crippen LogP contribution in [0.15, 0.2) is 22.7 Å². The molecule has 1 heterocycles. The quantitative estimate of drug-likeness (QED) is 0.798. The van der Waals surface area contributed by atoms with Gasteiger partial charge in [0, 0.05) is 36.2 Å². The summed E-state index contributed by atoms with van der Waals surface area (Å²) in [5.41, 5.74) is 0.551. The number of hydrogen-bond donors (Lipinski definition) is 0. The summed E-state index contributed by atoms with van der Waals surface area (Å²) in [6.07, 6.45) is 0. The van der Waals surface area contributed by atoms with Crippen molar-refractivity contribution in [2.45, 2.75) is 0 Å². The van der Waals surface area contributed by atoms with Crippen LogP contribution in [0.25, 0.3) is 0 Å². The maximum Gasteiger partial charge on any atom is 0.177 e. The van der Waals surface area contributed by atoms with E-state index in [-0.39, 0.29) is 11.6 Å². The van der Waals surface area contributed by atoms with Crippen LogP contribution in [-0.4, -0.2) is 55.4 Å². The predicted octanol–water partition coefficient (Wildman–Crippen LogP) is 2.02. The highest BCUT2D eigenvalue weighted by molar-refractivity contribution is 9.10. The lowest BCUT2D eigenvalue weighted by Crippen LogP contribution is -2.46. The Bertz CT molecular complexity index is 445. The minimum Gasteiger partial charge on any atom is -0.304 e. The molecule has 0 unspecified atom stereocenters. The zero-order valence-electron chi connectivity index (χ0n) is 10.3. The fraction of sp³-hybridized carbons (Fsp3) is 0.462. The Morgan fingerprint density at radius 3 is 2.61 bits per heavy atom. The maximum absolute atomic E-state index is 13.0. The third kappa shape index (κ3) is 3.37. The molecule has 0 spiro atoms. The zero-order valence-corrected chi connectivity index (χ0v) is 11.9. The number of benzene rings is 1. The second kappa shape index (κ2) is 5.91. The second-order valence-electron chi connectivity index (χ2n) is 4.63. The van der Waals surface area contributed by atoms with Crippen molar-refractivity contribution in [2.24, 2.45) is 0 Å². The molecule has 0 aliphatic carbocycles. The molecule has 0 bridgehead atoms.